The Morgan fingerprint density at radius 3 is 2.73 bits per heavy atom. The van der Waals surface area contributed by atoms with Gasteiger partial charge in [-0.2, -0.15) is 0 Å². The first-order valence-electron chi connectivity index (χ1n) is 8.25. The van der Waals surface area contributed by atoms with Crippen molar-refractivity contribution in [1.82, 2.24) is 0 Å². The summed E-state index contributed by atoms with van der Waals surface area (Å²) in [5, 5.41) is 0. The Labute approximate surface area is 156 Å². The molecule has 136 valence electrons. The maximum Gasteiger partial charge on any atom is 0.337 e. The van der Waals surface area contributed by atoms with Crippen molar-refractivity contribution in [2.45, 2.75) is 32.1 Å². The van der Waals surface area contributed by atoms with Crippen molar-refractivity contribution in [2.24, 2.45) is 4.40 Å². The molecule has 6 heteroatoms. The van der Waals surface area contributed by atoms with E-state index in [-0.39, 0.29) is 0 Å². The Morgan fingerprint density at radius 2 is 2.04 bits per heavy atom. The summed E-state index contributed by atoms with van der Waals surface area (Å²) in [5.41, 5.74) is 4.09. The highest BCUT2D eigenvalue weighted by Crippen LogP contribution is 2.39. The lowest BCUT2D eigenvalue weighted by atomic mass is 9.92. The number of carbonyl (C=O) groups excluding carboxylic acids is 1. The Kier molecular flexibility index (Phi) is 5.07. The molecule has 1 aliphatic heterocycles. The molecule has 1 heterocycles. The first kappa shape index (κ1) is 18.5. The number of carbonyl (C=O) groups is 1. The summed E-state index contributed by atoms with van der Waals surface area (Å²) in [7, 11) is 1.36. The molecule has 2 aromatic rings. The van der Waals surface area contributed by atoms with Gasteiger partial charge in [-0.05, 0) is 44.5 Å². The monoisotopic (exact) mass is 371 g/mol. The molecular formula is C20H21NO4S. The van der Waals surface area contributed by atoms with Gasteiger partial charge >= 0.3 is 5.97 Å². The number of hydrogen-bond donors (Lipinski definition) is 0. The fourth-order valence-electron chi connectivity index (χ4n) is 2.66. The highest BCUT2D eigenvalue weighted by molar-refractivity contribution is 7.91. The minimum Gasteiger partial charge on any atom is -0.591 e. The molecule has 0 amide bonds. The zero-order chi connectivity index (χ0) is 18.9. The Balaban J connectivity index is 2.02. The lowest BCUT2D eigenvalue weighted by Gasteiger charge is -2.23. The summed E-state index contributed by atoms with van der Waals surface area (Å²) in [6, 6.07) is 11.1. The van der Waals surface area contributed by atoms with Gasteiger partial charge in [-0.1, -0.05) is 22.6 Å². The molecule has 1 aliphatic rings. The number of methoxy groups -OCH3 is 1. The van der Waals surface area contributed by atoms with Gasteiger partial charge < -0.3 is 14.0 Å². The van der Waals surface area contributed by atoms with Crippen molar-refractivity contribution in [2.75, 3.05) is 7.11 Å². The van der Waals surface area contributed by atoms with Gasteiger partial charge in [-0.15, -0.1) is 0 Å². The summed E-state index contributed by atoms with van der Waals surface area (Å²) in [4.78, 5) is 11.8. The molecule has 0 bridgehead atoms. The molecule has 0 saturated carbocycles. The minimum absolute atomic E-state index is 0.391. The highest BCUT2D eigenvalue weighted by Gasteiger charge is 2.26. The molecule has 0 radical (unpaired) electrons. The Bertz CT molecular complexity index is 871. The number of rotatable bonds is 3. The van der Waals surface area contributed by atoms with E-state index < -0.39 is 22.1 Å². The number of ether oxygens (including phenoxy) is 2. The Morgan fingerprint density at radius 1 is 1.27 bits per heavy atom. The molecule has 1 unspecified atom stereocenters. The molecule has 26 heavy (non-hydrogen) atoms. The van der Waals surface area contributed by atoms with Crippen LogP contribution in [-0.4, -0.2) is 28.6 Å². The van der Waals surface area contributed by atoms with Crippen molar-refractivity contribution >= 4 is 23.5 Å². The predicted molar refractivity (Wildman–Crippen MR) is 103 cm³/mol. The summed E-state index contributed by atoms with van der Waals surface area (Å²) in [5.74, 6) is 0.329. The van der Waals surface area contributed by atoms with E-state index in [1.165, 1.54) is 7.11 Å². The van der Waals surface area contributed by atoms with Crippen molar-refractivity contribution in [3.05, 3.63) is 53.1 Å². The van der Waals surface area contributed by atoms with E-state index in [1.807, 2.05) is 39.0 Å². The molecule has 0 N–H and O–H groups in total. The predicted octanol–water partition coefficient (Wildman–Crippen LogP) is 3.91. The van der Waals surface area contributed by atoms with E-state index in [2.05, 4.69) is 4.40 Å². The maximum atomic E-state index is 12.2. The van der Waals surface area contributed by atoms with Crippen molar-refractivity contribution in [3.8, 4) is 16.9 Å². The van der Waals surface area contributed by atoms with Crippen LogP contribution in [0.5, 0.6) is 5.75 Å². The molecule has 5 nitrogen and oxygen atoms in total. The van der Waals surface area contributed by atoms with Gasteiger partial charge in [0.05, 0.1) is 18.9 Å². The van der Waals surface area contributed by atoms with E-state index >= 15 is 0 Å². The van der Waals surface area contributed by atoms with Gasteiger partial charge in [0.1, 0.15) is 28.5 Å². The van der Waals surface area contributed by atoms with Crippen LogP contribution in [0, 0.1) is 0 Å². The van der Waals surface area contributed by atoms with Crippen LogP contribution in [0.1, 0.15) is 42.3 Å². The van der Waals surface area contributed by atoms with Crippen molar-refractivity contribution in [1.29, 1.82) is 0 Å². The van der Waals surface area contributed by atoms with E-state index in [0.717, 1.165) is 28.0 Å². The van der Waals surface area contributed by atoms with Gasteiger partial charge in [0, 0.05) is 16.7 Å². The third-order valence-corrected chi connectivity index (χ3v) is 5.43. The average Bonchev–Trinajstić information content (AvgIpc) is 2.63. The highest BCUT2D eigenvalue weighted by atomic mass is 32.2. The van der Waals surface area contributed by atoms with Gasteiger partial charge in [-0.3, -0.25) is 0 Å². The van der Waals surface area contributed by atoms with Gasteiger partial charge in [0.2, 0.25) is 0 Å². The van der Waals surface area contributed by atoms with Crippen LogP contribution < -0.4 is 4.74 Å². The minimum atomic E-state index is -1.33. The fourth-order valence-corrected chi connectivity index (χ4v) is 3.19. The van der Waals surface area contributed by atoms with Crippen LogP contribution >= 0.6 is 0 Å². The molecule has 0 fully saturated rings. The van der Waals surface area contributed by atoms with E-state index in [9.17, 15) is 9.35 Å². The molecule has 0 aliphatic carbocycles. The quantitative estimate of drug-likeness (QED) is 0.466. The van der Waals surface area contributed by atoms with Gasteiger partial charge in [0.25, 0.3) is 0 Å². The lowest BCUT2D eigenvalue weighted by molar-refractivity contribution is 0.0600. The third kappa shape index (κ3) is 3.61. The molecule has 0 spiro atoms. The van der Waals surface area contributed by atoms with Crippen molar-refractivity contribution in [3.63, 3.8) is 0 Å². The van der Waals surface area contributed by atoms with Crippen LogP contribution in [0.15, 0.2) is 40.8 Å². The maximum absolute atomic E-state index is 12.2. The number of nitrogens with zero attached hydrogens (tertiary/aromatic N) is 1. The third-order valence-electron chi connectivity index (χ3n) is 4.09. The first-order chi connectivity index (χ1) is 12.3. The summed E-state index contributed by atoms with van der Waals surface area (Å²) < 4.78 is 26.6. The second kappa shape index (κ2) is 7.13. The second-order valence-corrected chi connectivity index (χ2v) is 8.89. The number of esters is 1. The smallest absolute Gasteiger partial charge is 0.337 e. The molecule has 0 aromatic heterocycles. The lowest BCUT2D eigenvalue weighted by Crippen LogP contribution is -2.26. The largest absolute Gasteiger partial charge is 0.591 e. The fraction of sp³-hybridized carbons (Fsp3) is 0.300. The van der Waals surface area contributed by atoms with Crippen LogP contribution in [-0.2, 0) is 22.7 Å². The van der Waals surface area contributed by atoms with Crippen LogP contribution in [0.3, 0.4) is 0 Å². The second-order valence-electron chi connectivity index (χ2n) is 6.96. The molecule has 2 aromatic carbocycles. The van der Waals surface area contributed by atoms with Crippen LogP contribution in [0.4, 0.5) is 0 Å². The molecule has 0 saturated heterocycles. The summed E-state index contributed by atoms with van der Waals surface area (Å²) in [6.07, 6.45) is 1.64. The van der Waals surface area contributed by atoms with Crippen LogP contribution in [0.25, 0.3) is 11.1 Å². The Hall–Kier alpha value is -2.31. The van der Waals surface area contributed by atoms with Crippen molar-refractivity contribution < 1.29 is 18.8 Å². The van der Waals surface area contributed by atoms with E-state index in [0.29, 0.717) is 12.2 Å². The van der Waals surface area contributed by atoms with E-state index in [4.69, 9.17) is 9.47 Å². The summed E-state index contributed by atoms with van der Waals surface area (Å²) in [6.45, 7) is 6.04. The van der Waals surface area contributed by atoms with Crippen LogP contribution in [0.2, 0.25) is 0 Å². The van der Waals surface area contributed by atoms with Gasteiger partial charge in [-0.25, -0.2) is 4.79 Å². The molecular weight excluding hydrogens is 350 g/mol. The van der Waals surface area contributed by atoms with Gasteiger partial charge in [0.15, 0.2) is 0 Å². The standard InChI is InChI=1S/C20H21NO4S/c1-20(2,3)26(23)21-11-14-6-5-7-15-16-10-13(19(22)24-4)8-9-18(16)25-12-17(14)15/h5-11H,12H2,1-4H3/b21-11-. The normalized spacial score (nSPS) is 14.3. The average molecular weight is 371 g/mol. The van der Waals surface area contributed by atoms with E-state index in [1.54, 1.807) is 24.4 Å². The number of hydrogen-bond acceptors (Lipinski definition) is 5. The SMILES string of the molecule is COC(=O)c1ccc2c(c1)-c1cccc(/C=N\[S+]([O-])C(C)(C)C)c1CO2. The molecule has 1 atom stereocenters. The number of fused-ring (bicyclic) bond motifs is 3. The first-order valence-corrected chi connectivity index (χ1v) is 9.35. The summed E-state index contributed by atoms with van der Waals surface area (Å²) >= 11 is -1.33. The number of benzene rings is 2. The zero-order valence-corrected chi connectivity index (χ0v) is 16.1. The topological polar surface area (TPSA) is 71.0 Å². The zero-order valence-electron chi connectivity index (χ0n) is 15.2. The molecule has 3 rings (SSSR count).